The van der Waals surface area contributed by atoms with Crippen molar-refractivity contribution >= 4 is 15.7 Å². The quantitative estimate of drug-likeness (QED) is 0.620. The van der Waals surface area contributed by atoms with Crippen LogP contribution in [0.15, 0.2) is 35.2 Å². The Hall–Kier alpha value is -1.33. The second-order valence-electron chi connectivity index (χ2n) is 4.00. The monoisotopic (exact) mass is 254 g/mol. The van der Waals surface area contributed by atoms with E-state index in [2.05, 4.69) is 11.3 Å². The maximum Gasteiger partial charge on any atom is 0.240 e. The smallest absolute Gasteiger partial charge is 0.240 e. The maximum absolute atomic E-state index is 11.9. The minimum absolute atomic E-state index is 0.188. The van der Waals surface area contributed by atoms with E-state index in [1.807, 2.05) is 6.92 Å². The van der Waals surface area contributed by atoms with Crippen LogP contribution in [0, 0.1) is 0 Å². The van der Waals surface area contributed by atoms with Gasteiger partial charge in [0.25, 0.3) is 0 Å². The normalized spacial score (nSPS) is 11.4. The molecule has 4 nitrogen and oxygen atoms in total. The average molecular weight is 254 g/mol. The summed E-state index contributed by atoms with van der Waals surface area (Å²) in [5, 5.41) is 0. The van der Waals surface area contributed by atoms with Gasteiger partial charge in [-0.25, -0.2) is 13.1 Å². The largest absolute Gasteiger partial charge is 0.398 e. The maximum atomic E-state index is 11.9. The van der Waals surface area contributed by atoms with Crippen molar-refractivity contribution in [1.29, 1.82) is 0 Å². The Bertz CT molecular complexity index is 521. The Morgan fingerprint density at radius 3 is 2.59 bits per heavy atom. The van der Waals surface area contributed by atoms with Gasteiger partial charge < -0.3 is 5.73 Å². The highest BCUT2D eigenvalue weighted by atomic mass is 32.2. The Labute approximate surface area is 103 Å². The second-order valence-corrected chi connectivity index (χ2v) is 5.76. The van der Waals surface area contributed by atoms with E-state index in [9.17, 15) is 8.42 Å². The number of sulfonamides is 1. The van der Waals surface area contributed by atoms with Gasteiger partial charge in [-0.3, -0.25) is 0 Å². The minimum Gasteiger partial charge on any atom is -0.398 e. The Balaban J connectivity index is 2.99. The number of anilines is 1. The number of nitrogens with two attached hydrogens (primary N) is 1. The minimum atomic E-state index is -3.49. The summed E-state index contributed by atoms with van der Waals surface area (Å²) in [5.74, 6) is 0. The number of hydrogen-bond donors (Lipinski definition) is 2. The molecule has 0 aliphatic rings. The van der Waals surface area contributed by atoms with Crippen LogP contribution in [0.3, 0.4) is 0 Å². The summed E-state index contributed by atoms with van der Waals surface area (Å²) in [6.07, 6.45) is 0.783. The van der Waals surface area contributed by atoms with Gasteiger partial charge in [-0.15, -0.1) is 0 Å². The molecule has 0 heterocycles. The lowest BCUT2D eigenvalue weighted by molar-refractivity contribution is 0.584. The van der Waals surface area contributed by atoms with E-state index in [4.69, 9.17) is 5.73 Å². The Morgan fingerprint density at radius 2 is 2.12 bits per heavy atom. The predicted molar refractivity (Wildman–Crippen MR) is 70.2 cm³/mol. The zero-order valence-electron chi connectivity index (χ0n) is 10.2. The SMILES string of the molecule is C=C(C)CNS(=O)(=O)c1ccc(CC)c(N)c1. The summed E-state index contributed by atoms with van der Waals surface area (Å²) >= 11 is 0. The molecule has 94 valence electrons. The number of hydrogen-bond acceptors (Lipinski definition) is 3. The molecule has 0 radical (unpaired) electrons. The van der Waals surface area contributed by atoms with Gasteiger partial charge in [-0.2, -0.15) is 0 Å². The van der Waals surface area contributed by atoms with Crippen molar-refractivity contribution < 1.29 is 8.42 Å². The zero-order valence-corrected chi connectivity index (χ0v) is 11.0. The first-order valence-corrected chi connectivity index (χ1v) is 6.87. The molecular formula is C12H18N2O2S. The van der Waals surface area contributed by atoms with E-state index < -0.39 is 10.0 Å². The summed E-state index contributed by atoms with van der Waals surface area (Å²) in [7, 11) is -3.49. The van der Waals surface area contributed by atoms with Crippen LogP contribution >= 0.6 is 0 Å². The van der Waals surface area contributed by atoms with Crippen LogP contribution in [0.4, 0.5) is 5.69 Å². The van der Waals surface area contributed by atoms with Crippen molar-refractivity contribution in [3.05, 3.63) is 35.9 Å². The number of aryl methyl sites for hydroxylation is 1. The molecule has 1 aromatic carbocycles. The van der Waals surface area contributed by atoms with E-state index >= 15 is 0 Å². The van der Waals surface area contributed by atoms with Crippen LogP contribution in [0.5, 0.6) is 0 Å². The molecule has 0 saturated carbocycles. The molecule has 0 saturated heterocycles. The van der Waals surface area contributed by atoms with Gasteiger partial charge in [0.15, 0.2) is 0 Å². The van der Waals surface area contributed by atoms with Crippen molar-refractivity contribution in [2.24, 2.45) is 0 Å². The van der Waals surface area contributed by atoms with Gasteiger partial charge in [-0.05, 0) is 31.0 Å². The van der Waals surface area contributed by atoms with E-state index in [1.54, 1.807) is 19.1 Å². The molecule has 0 aliphatic heterocycles. The fraction of sp³-hybridized carbons (Fsp3) is 0.333. The predicted octanol–water partition coefficient (Wildman–Crippen LogP) is 1.69. The van der Waals surface area contributed by atoms with Crippen LogP contribution in [0.1, 0.15) is 19.4 Å². The van der Waals surface area contributed by atoms with Crippen molar-refractivity contribution in [2.45, 2.75) is 25.2 Å². The first-order chi connectivity index (χ1) is 7.86. The van der Waals surface area contributed by atoms with Crippen molar-refractivity contribution in [3.63, 3.8) is 0 Å². The van der Waals surface area contributed by atoms with Crippen molar-refractivity contribution in [3.8, 4) is 0 Å². The van der Waals surface area contributed by atoms with Crippen LogP contribution in [-0.4, -0.2) is 15.0 Å². The molecular weight excluding hydrogens is 236 g/mol. The van der Waals surface area contributed by atoms with Crippen LogP contribution in [0.2, 0.25) is 0 Å². The lowest BCUT2D eigenvalue weighted by atomic mass is 10.1. The molecule has 0 aliphatic carbocycles. The van der Waals surface area contributed by atoms with E-state index in [0.29, 0.717) is 5.69 Å². The molecule has 0 unspecified atom stereocenters. The third-order valence-corrected chi connectivity index (χ3v) is 3.77. The number of nitrogen functional groups attached to an aromatic ring is 1. The van der Waals surface area contributed by atoms with Crippen molar-refractivity contribution in [1.82, 2.24) is 4.72 Å². The fourth-order valence-corrected chi connectivity index (χ4v) is 2.50. The summed E-state index contributed by atoms with van der Waals surface area (Å²) in [6, 6.07) is 4.79. The third kappa shape index (κ3) is 3.57. The number of nitrogens with one attached hydrogen (secondary N) is 1. The van der Waals surface area contributed by atoms with Crippen LogP contribution in [-0.2, 0) is 16.4 Å². The molecule has 0 spiro atoms. The van der Waals surface area contributed by atoms with Gasteiger partial charge in [-0.1, -0.05) is 25.1 Å². The molecule has 0 bridgehead atoms. The summed E-state index contributed by atoms with van der Waals surface area (Å²) in [4.78, 5) is 0.188. The molecule has 0 atom stereocenters. The molecule has 5 heteroatoms. The first kappa shape index (κ1) is 13.7. The average Bonchev–Trinajstić information content (AvgIpc) is 2.26. The van der Waals surface area contributed by atoms with Crippen molar-refractivity contribution in [2.75, 3.05) is 12.3 Å². The summed E-state index contributed by atoms with van der Waals surface area (Å²) in [6.45, 7) is 7.61. The highest BCUT2D eigenvalue weighted by Gasteiger charge is 2.14. The first-order valence-electron chi connectivity index (χ1n) is 5.39. The fourth-order valence-electron chi connectivity index (χ4n) is 1.36. The molecule has 17 heavy (non-hydrogen) atoms. The number of rotatable bonds is 5. The lowest BCUT2D eigenvalue weighted by Gasteiger charge is -2.09. The second kappa shape index (κ2) is 5.33. The van der Waals surface area contributed by atoms with Gasteiger partial charge in [0.2, 0.25) is 10.0 Å². The van der Waals surface area contributed by atoms with Gasteiger partial charge in [0, 0.05) is 12.2 Å². The van der Waals surface area contributed by atoms with E-state index in [-0.39, 0.29) is 11.4 Å². The van der Waals surface area contributed by atoms with Gasteiger partial charge in [0.05, 0.1) is 4.90 Å². The topological polar surface area (TPSA) is 72.2 Å². The molecule has 3 N–H and O–H groups in total. The molecule has 0 aromatic heterocycles. The van der Waals surface area contributed by atoms with E-state index in [1.165, 1.54) is 6.07 Å². The standard InChI is InChI=1S/C12H18N2O2S/c1-4-10-5-6-11(7-12(10)13)17(15,16)14-8-9(2)3/h5-7,14H,2,4,8,13H2,1,3H3. The molecule has 1 aromatic rings. The van der Waals surface area contributed by atoms with E-state index in [0.717, 1.165) is 17.6 Å². The third-order valence-electron chi connectivity index (χ3n) is 2.37. The van der Waals surface area contributed by atoms with Crippen LogP contribution < -0.4 is 10.5 Å². The van der Waals surface area contributed by atoms with Gasteiger partial charge in [0.1, 0.15) is 0 Å². The molecule has 1 rings (SSSR count). The molecule has 0 amide bonds. The lowest BCUT2D eigenvalue weighted by Crippen LogP contribution is -2.25. The Morgan fingerprint density at radius 1 is 1.47 bits per heavy atom. The molecule has 0 fully saturated rings. The van der Waals surface area contributed by atoms with Gasteiger partial charge >= 0.3 is 0 Å². The summed E-state index contributed by atoms with van der Waals surface area (Å²) < 4.78 is 26.2. The van der Waals surface area contributed by atoms with Crippen LogP contribution in [0.25, 0.3) is 0 Å². The summed E-state index contributed by atoms with van der Waals surface area (Å²) in [5.41, 5.74) is 7.98. The highest BCUT2D eigenvalue weighted by molar-refractivity contribution is 7.89. The zero-order chi connectivity index (χ0) is 13.1. The highest BCUT2D eigenvalue weighted by Crippen LogP contribution is 2.18. The Kier molecular flexibility index (Phi) is 4.31. The number of benzene rings is 1.